The minimum absolute atomic E-state index is 0.830. The average Bonchev–Trinajstić information content (AvgIpc) is 2.40. The van der Waals surface area contributed by atoms with Crippen molar-refractivity contribution in [3.8, 4) is 5.75 Å². The lowest BCUT2D eigenvalue weighted by atomic mass is 10.2. The molecule has 0 amide bonds. The smallest absolute Gasteiger partial charge is 0.119 e. The van der Waals surface area contributed by atoms with Gasteiger partial charge in [-0.15, -0.1) is 0 Å². The van der Waals surface area contributed by atoms with Crippen LogP contribution in [0.5, 0.6) is 5.75 Å². The maximum atomic E-state index is 5.70. The molecule has 0 aromatic heterocycles. The minimum atomic E-state index is 0.830. The standard InChI is InChI=1S/C17H25O/c1-3-5-7-9-15-18-17-13-11-16(12-14-17)10-8-6-4-2/h8,10-14H,2-7,9,15H2,1H3/b10-8+. The summed E-state index contributed by atoms with van der Waals surface area (Å²) in [6, 6.07) is 8.29. The molecule has 0 saturated carbocycles. The Kier molecular flexibility index (Phi) is 8.03. The van der Waals surface area contributed by atoms with Gasteiger partial charge in [-0.05, 0) is 37.0 Å². The van der Waals surface area contributed by atoms with E-state index in [1.54, 1.807) is 0 Å². The van der Waals surface area contributed by atoms with Crippen molar-refractivity contribution in [3.63, 3.8) is 0 Å². The average molecular weight is 245 g/mol. The van der Waals surface area contributed by atoms with E-state index in [0.29, 0.717) is 0 Å². The molecule has 0 aliphatic rings. The van der Waals surface area contributed by atoms with Crippen molar-refractivity contribution in [1.82, 2.24) is 0 Å². The van der Waals surface area contributed by atoms with Crippen molar-refractivity contribution in [3.05, 3.63) is 42.8 Å². The topological polar surface area (TPSA) is 9.23 Å². The van der Waals surface area contributed by atoms with E-state index in [0.717, 1.165) is 31.6 Å². The molecule has 18 heavy (non-hydrogen) atoms. The molecule has 1 heteroatoms. The first kappa shape index (κ1) is 14.8. The van der Waals surface area contributed by atoms with Gasteiger partial charge in [-0.3, -0.25) is 0 Å². The summed E-state index contributed by atoms with van der Waals surface area (Å²) in [7, 11) is 0. The molecule has 0 saturated heterocycles. The number of unbranched alkanes of at least 4 members (excludes halogenated alkanes) is 4. The van der Waals surface area contributed by atoms with Gasteiger partial charge in [0.2, 0.25) is 0 Å². The third-order valence-corrected chi connectivity index (χ3v) is 2.83. The Hall–Kier alpha value is -1.24. The van der Waals surface area contributed by atoms with Crippen molar-refractivity contribution in [2.45, 2.75) is 45.4 Å². The van der Waals surface area contributed by atoms with Crippen molar-refractivity contribution in [2.24, 2.45) is 0 Å². The van der Waals surface area contributed by atoms with Gasteiger partial charge < -0.3 is 4.74 Å². The van der Waals surface area contributed by atoms with E-state index in [1.807, 2.05) is 12.1 Å². The van der Waals surface area contributed by atoms with Crippen LogP contribution in [-0.4, -0.2) is 6.61 Å². The Balaban J connectivity index is 2.27. The molecule has 99 valence electrons. The summed E-state index contributed by atoms with van der Waals surface area (Å²) in [4.78, 5) is 0. The van der Waals surface area contributed by atoms with Crippen LogP contribution in [0.2, 0.25) is 0 Å². The molecule has 1 rings (SSSR count). The zero-order valence-electron chi connectivity index (χ0n) is 11.5. The predicted octanol–water partition coefficient (Wildman–Crippen LogP) is 5.27. The summed E-state index contributed by atoms with van der Waals surface area (Å²) in [5.74, 6) is 0.973. The summed E-state index contributed by atoms with van der Waals surface area (Å²) in [5.41, 5.74) is 1.22. The highest BCUT2D eigenvalue weighted by Gasteiger charge is 1.94. The number of hydrogen-bond donors (Lipinski definition) is 0. The van der Waals surface area contributed by atoms with E-state index >= 15 is 0 Å². The minimum Gasteiger partial charge on any atom is -0.494 e. The van der Waals surface area contributed by atoms with Crippen molar-refractivity contribution in [1.29, 1.82) is 0 Å². The largest absolute Gasteiger partial charge is 0.494 e. The summed E-state index contributed by atoms with van der Waals surface area (Å²) in [5, 5.41) is 0. The predicted molar refractivity (Wildman–Crippen MR) is 79.7 cm³/mol. The Morgan fingerprint density at radius 3 is 2.56 bits per heavy atom. The maximum absolute atomic E-state index is 5.70. The van der Waals surface area contributed by atoms with Crippen LogP contribution in [0.1, 0.15) is 51.0 Å². The van der Waals surface area contributed by atoms with Crippen molar-refractivity contribution in [2.75, 3.05) is 6.61 Å². The van der Waals surface area contributed by atoms with Crippen LogP contribution in [0.15, 0.2) is 30.3 Å². The molecule has 0 N–H and O–H groups in total. The van der Waals surface area contributed by atoms with Crippen molar-refractivity contribution >= 4 is 6.08 Å². The zero-order chi connectivity index (χ0) is 13.1. The maximum Gasteiger partial charge on any atom is 0.119 e. The number of ether oxygens (including phenoxy) is 1. The first-order valence-electron chi connectivity index (χ1n) is 7.05. The molecule has 0 spiro atoms. The molecule has 0 fully saturated rings. The highest BCUT2D eigenvalue weighted by atomic mass is 16.5. The number of rotatable bonds is 9. The second kappa shape index (κ2) is 9.76. The molecule has 0 bridgehead atoms. The molecule has 0 heterocycles. The molecule has 0 aliphatic carbocycles. The Morgan fingerprint density at radius 2 is 1.89 bits per heavy atom. The highest BCUT2D eigenvalue weighted by Crippen LogP contribution is 2.14. The van der Waals surface area contributed by atoms with E-state index in [9.17, 15) is 0 Å². The van der Waals surface area contributed by atoms with Gasteiger partial charge in [0.1, 0.15) is 5.75 Å². The second-order valence-corrected chi connectivity index (χ2v) is 4.52. The lowest BCUT2D eigenvalue weighted by molar-refractivity contribution is 0.305. The highest BCUT2D eigenvalue weighted by molar-refractivity contribution is 5.50. The molecule has 1 aromatic carbocycles. The summed E-state index contributed by atoms with van der Waals surface area (Å²) in [6.45, 7) is 6.87. The first-order valence-corrected chi connectivity index (χ1v) is 7.05. The summed E-state index contributed by atoms with van der Waals surface area (Å²) in [6.07, 6.45) is 11.3. The Morgan fingerprint density at radius 1 is 1.11 bits per heavy atom. The van der Waals surface area contributed by atoms with Crippen LogP contribution in [0.3, 0.4) is 0 Å². The fourth-order valence-electron chi connectivity index (χ4n) is 1.73. The van der Waals surface area contributed by atoms with E-state index < -0.39 is 0 Å². The van der Waals surface area contributed by atoms with Crippen LogP contribution < -0.4 is 4.74 Å². The molecule has 1 aromatic rings. The van der Waals surface area contributed by atoms with Crippen LogP contribution in [0, 0.1) is 6.92 Å². The monoisotopic (exact) mass is 245 g/mol. The molecule has 0 aliphatic heterocycles. The summed E-state index contributed by atoms with van der Waals surface area (Å²) >= 11 is 0. The number of hydrogen-bond acceptors (Lipinski definition) is 1. The number of allylic oxidation sites excluding steroid dienone is 1. The molecule has 0 atom stereocenters. The van der Waals surface area contributed by atoms with E-state index in [2.05, 4.69) is 38.1 Å². The van der Waals surface area contributed by atoms with Crippen LogP contribution in [0.25, 0.3) is 6.08 Å². The zero-order valence-corrected chi connectivity index (χ0v) is 11.5. The van der Waals surface area contributed by atoms with Crippen molar-refractivity contribution < 1.29 is 4.74 Å². The fraction of sp³-hybridized carbons (Fsp3) is 0.471. The van der Waals surface area contributed by atoms with Gasteiger partial charge in [0.25, 0.3) is 0 Å². The molecular weight excluding hydrogens is 220 g/mol. The second-order valence-electron chi connectivity index (χ2n) is 4.52. The SMILES string of the molecule is [CH2]CC/C=C/c1ccc(OCCCCCC)cc1. The third-order valence-electron chi connectivity index (χ3n) is 2.83. The van der Waals surface area contributed by atoms with Gasteiger partial charge in [-0.1, -0.05) is 57.4 Å². The van der Waals surface area contributed by atoms with Gasteiger partial charge in [-0.2, -0.15) is 0 Å². The lowest BCUT2D eigenvalue weighted by Crippen LogP contribution is -1.96. The van der Waals surface area contributed by atoms with Gasteiger partial charge in [0.15, 0.2) is 0 Å². The third kappa shape index (κ3) is 6.48. The Labute approximate surface area is 112 Å². The Bertz CT molecular complexity index is 324. The molecule has 1 radical (unpaired) electrons. The molecule has 1 nitrogen and oxygen atoms in total. The van der Waals surface area contributed by atoms with Gasteiger partial charge in [0.05, 0.1) is 6.61 Å². The van der Waals surface area contributed by atoms with Gasteiger partial charge >= 0.3 is 0 Å². The quantitative estimate of drug-likeness (QED) is 0.538. The van der Waals surface area contributed by atoms with E-state index in [4.69, 9.17) is 4.74 Å². The molecule has 0 unspecified atom stereocenters. The first-order chi connectivity index (χ1) is 8.86. The molecular formula is C17H25O. The van der Waals surface area contributed by atoms with Crippen LogP contribution >= 0.6 is 0 Å². The van der Waals surface area contributed by atoms with E-state index in [-0.39, 0.29) is 0 Å². The van der Waals surface area contributed by atoms with Crippen LogP contribution in [-0.2, 0) is 0 Å². The van der Waals surface area contributed by atoms with Gasteiger partial charge in [0, 0.05) is 0 Å². The van der Waals surface area contributed by atoms with Gasteiger partial charge in [-0.25, -0.2) is 0 Å². The van der Waals surface area contributed by atoms with E-state index in [1.165, 1.54) is 24.8 Å². The summed E-state index contributed by atoms with van der Waals surface area (Å²) < 4.78 is 5.70. The lowest BCUT2D eigenvalue weighted by Gasteiger charge is -2.06. The van der Waals surface area contributed by atoms with Crippen LogP contribution in [0.4, 0.5) is 0 Å². The number of benzene rings is 1. The normalized spacial score (nSPS) is 11.0. The fourth-order valence-corrected chi connectivity index (χ4v) is 1.73.